The minimum Gasteiger partial charge on any atom is -0.502 e. The van der Waals surface area contributed by atoms with Gasteiger partial charge in [0, 0.05) is 29.3 Å². The average Bonchev–Trinajstić information content (AvgIpc) is 3.07. The molecular formula is C20H11N3O10. The second kappa shape index (κ2) is 7.26. The first-order valence-corrected chi connectivity index (χ1v) is 9.05. The van der Waals surface area contributed by atoms with E-state index >= 15 is 0 Å². The summed E-state index contributed by atoms with van der Waals surface area (Å²) >= 11 is 0. The first-order valence-electron chi connectivity index (χ1n) is 9.05. The number of hydrogen-bond acceptors (Lipinski definition) is 10. The standard InChI is InChI=1S/C20H11N3O10/c24-16-6-4-10(8-14(16)22(29)30)20(11-5-7-17(25)15(9-11)23(31)32)18-12(19(26)33-20)2-1-3-13(18)21(27)28/h1-9,24-25H. The molecule has 0 aliphatic carbocycles. The summed E-state index contributed by atoms with van der Waals surface area (Å²) in [4.78, 5) is 44.8. The molecular weight excluding hydrogens is 442 g/mol. The van der Waals surface area contributed by atoms with E-state index in [4.69, 9.17) is 4.74 Å². The quantitative estimate of drug-likeness (QED) is 0.328. The Balaban J connectivity index is 2.17. The van der Waals surface area contributed by atoms with E-state index in [0.29, 0.717) is 0 Å². The van der Waals surface area contributed by atoms with Crippen LogP contribution >= 0.6 is 0 Å². The van der Waals surface area contributed by atoms with Crippen molar-refractivity contribution in [2.75, 3.05) is 0 Å². The summed E-state index contributed by atoms with van der Waals surface area (Å²) in [5.41, 5.74) is -5.29. The Labute approximate surface area is 182 Å². The van der Waals surface area contributed by atoms with Gasteiger partial charge in [-0.25, -0.2) is 4.79 Å². The molecule has 1 aliphatic heterocycles. The van der Waals surface area contributed by atoms with Crippen LogP contribution < -0.4 is 0 Å². The van der Waals surface area contributed by atoms with Crippen molar-refractivity contribution < 1.29 is 34.5 Å². The normalized spacial score (nSPS) is 13.8. The molecule has 0 bridgehead atoms. The van der Waals surface area contributed by atoms with Crippen molar-refractivity contribution in [3.8, 4) is 11.5 Å². The Hall–Kier alpha value is -5.07. The van der Waals surface area contributed by atoms with Gasteiger partial charge in [-0.1, -0.05) is 18.2 Å². The van der Waals surface area contributed by atoms with Crippen molar-refractivity contribution >= 4 is 23.0 Å². The lowest BCUT2D eigenvalue weighted by Gasteiger charge is -2.29. The van der Waals surface area contributed by atoms with Crippen molar-refractivity contribution in [3.05, 3.63) is 107 Å². The molecule has 3 aromatic carbocycles. The van der Waals surface area contributed by atoms with Crippen LogP contribution in [0.5, 0.6) is 11.5 Å². The van der Waals surface area contributed by atoms with Gasteiger partial charge < -0.3 is 14.9 Å². The summed E-state index contributed by atoms with van der Waals surface area (Å²) in [6.07, 6.45) is 0. The fraction of sp³-hybridized carbons (Fsp3) is 0.0500. The summed E-state index contributed by atoms with van der Waals surface area (Å²) in [5.74, 6) is -2.45. The molecule has 3 aromatic rings. The Kier molecular flexibility index (Phi) is 4.66. The third-order valence-electron chi connectivity index (χ3n) is 5.21. The first-order chi connectivity index (χ1) is 15.6. The lowest BCUT2D eigenvalue weighted by Crippen LogP contribution is -2.30. The molecule has 2 N–H and O–H groups in total. The lowest BCUT2D eigenvalue weighted by molar-refractivity contribution is -0.386. The summed E-state index contributed by atoms with van der Waals surface area (Å²) in [6, 6.07) is 9.43. The minimum atomic E-state index is -2.23. The minimum absolute atomic E-state index is 0.187. The Morgan fingerprint density at radius 3 is 1.67 bits per heavy atom. The van der Waals surface area contributed by atoms with Crippen LogP contribution in [0.25, 0.3) is 0 Å². The number of hydrogen-bond donors (Lipinski definition) is 2. The molecule has 0 fully saturated rings. The highest BCUT2D eigenvalue weighted by atomic mass is 16.6. The second-order valence-corrected chi connectivity index (χ2v) is 6.95. The monoisotopic (exact) mass is 453 g/mol. The van der Waals surface area contributed by atoms with Gasteiger partial charge in [-0.15, -0.1) is 0 Å². The third kappa shape index (κ3) is 3.06. The van der Waals surface area contributed by atoms with Gasteiger partial charge in [-0.3, -0.25) is 30.3 Å². The summed E-state index contributed by atoms with van der Waals surface area (Å²) in [5, 5.41) is 54.4. The molecule has 1 aliphatic rings. The van der Waals surface area contributed by atoms with Crippen LogP contribution in [0.3, 0.4) is 0 Å². The van der Waals surface area contributed by atoms with Crippen LogP contribution in [0.15, 0.2) is 54.6 Å². The topological polar surface area (TPSA) is 196 Å². The number of phenolic OH excluding ortho intramolecular Hbond substituents is 2. The number of carbonyl (C=O) groups is 1. The number of esters is 1. The van der Waals surface area contributed by atoms with E-state index in [1.165, 1.54) is 12.1 Å². The molecule has 0 spiro atoms. The van der Waals surface area contributed by atoms with Crippen molar-refractivity contribution in [1.82, 2.24) is 0 Å². The molecule has 33 heavy (non-hydrogen) atoms. The van der Waals surface area contributed by atoms with Gasteiger partial charge in [0.1, 0.15) is 0 Å². The molecule has 0 saturated heterocycles. The van der Waals surface area contributed by atoms with E-state index in [-0.39, 0.29) is 22.3 Å². The molecule has 0 saturated carbocycles. The maximum absolute atomic E-state index is 12.8. The highest BCUT2D eigenvalue weighted by Gasteiger charge is 2.54. The Bertz CT molecular complexity index is 1320. The largest absolute Gasteiger partial charge is 0.502 e. The van der Waals surface area contributed by atoms with E-state index < -0.39 is 54.9 Å². The van der Waals surface area contributed by atoms with Crippen molar-refractivity contribution in [2.45, 2.75) is 5.60 Å². The average molecular weight is 453 g/mol. The Morgan fingerprint density at radius 2 is 1.21 bits per heavy atom. The van der Waals surface area contributed by atoms with Crippen LogP contribution in [0.1, 0.15) is 27.0 Å². The zero-order chi connectivity index (χ0) is 24.1. The molecule has 0 amide bonds. The second-order valence-electron chi connectivity index (χ2n) is 6.95. The van der Waals surface area contributed by atoms with Crippen molar-refractivity contribution in [1.29, 1.82) is 0 Å². The fourth-order valence-corrected chi connectivity index (χ4v) is 3.83. The highest BCUT2D eigenvalue weighted by Crippen LogP contribution is 2.52. The van der Waals surface area contributed by atoms with Gasteiger partial charge >= 0.3 is 17.3 Å². The molecule has 13 heteroatoms. The zero-order valence-corrected chi connectivity index (χ0v) is 16.2. The zero-order valence-electron chi connectivity index (χ0n) is 16.2. The molecule has 166 valence electrons. The Morgan fingerprint density at radius 1 is 0.727 bits per heavy atom. The number of ether oxygens (including phenoxy) is 1. The predicted octanol–water partition coefficient (Wildman–Crippen LogP) is 3.28. The van der Waals surface area contributed by atoms with Crippen LogP contribution in [0.2, 0.25) is 0 Å². The molecule has 1 heterocycles. The number of benzene rings is 3. The van der Waals surface area contributed by atoms with Crippen LogP contribution in [-0.2, 0) is 10.3 Å². The van der Waals surface area contributed by atoms with Gasteiger partial charge in [0.05, 0.1) is 25.9 Å². The number of nitro benzene ring substituents is 3. The number of fused-ring (bicyclic) bond motifs is 1. The van der Waals surface area contributed by atoms with E-state index in [9.17, 15) is 45.4 Å². The van der Waals surface area contributed by atoms with Gasteiger partial charge in [0.15, 0.2) is 17.1 Å². The summed E-state index contributed by atoms with van der Waals surface area (Å²) in [6.45, 7) is 0. The molecule has 0 radical (unpaired) electrons. The van der Waals surface area contributed by atoms with Gasteiger partial charge in [0.25, 0.3) is 5.69 Å². The number of nitrogens with zero attached hydrogens (tertiary/aromatic N) is 3. The van der Waals surface area contributed by atoms with Crippen LogP contribution in [0, 0.1) is 30.3 Å². The lowest BCUT2D eigenvalue weighted by atomic mass is 9.78. The van der Waals surface area contributed by atoms with Crippen molar-refractivity contribution in [3.63, 3.8) is 0 Å². The van der Waals surface area contributed by atoms with E-state index in [1.54, 1.807) is 0 Å². The van der Waals surface area contributed by atoms with Crippen molar-refractivity contribution in [2.24, 2.45) is 0 Å². The first kappa shape index (κ1) is 21.2. The number of carbonyl (C=O) groups excluding carboxylic acids is 1. The maximum atomic E-state index is 12.8. The number of rotatable bonds is 5. The van der Waals surface area contributed by atoms with E-state index in [0.717, 1.165) is 42.5 Å². The highest BCUT2D eigenvalue weighted by molar-refractivity contribution is 5.98. The summed E-state index contributed by atoms with van der Waals surface area (Å²) in [7, 11) is 0. The molecule has 0 atom stereocenters. The number of aromatic hydroxyl groups is 2. The van der Waals surface area contributed by atoms with Gasteiger partial charge in [0.2, 0.25) is 0 Å². The number of cyclic esters (lactones) is 1. The van der Waals surface area contributed by atoms with Gasteiger partial charge in [-0.2, -0.15) is 0 Å². The molecule has 4 rings (SSSR count). The molecule has 0 aromatic heterocycles. The number of phenols is 2. The van der Waals surface area contributed by atoms with Crippen LogP contribution in [-0.4, -0.2) is 31.0 Å². The van der Waals surface area contributed by atoms with Gasteiger partial charge in [-0.05, 0) is 18.2 Å². The SMILES string of the molecule is O=C1OC(c2ccc(O)c([N+](=O)[O-])c2)(c2ccc(O)c([N+](=O)[O-])c2)c2c1cccc2[N+](=O)[O-]. The summed E-state index contributed by atoms with van der Waals surface area (Å²) < 4.78 is 5.58. The number of nitro groups is 3. The van der Waals surface area contributed by atoms with Crippen LogP contribution in [0.4, 0.5) is 17.1 Å². The van der Waals surface area contributed by atoms with E-state index in [2.05, 4.69) is 0 Å². The molecule has 0 unspecified atom stereocenters. The smallest absolute Gasteiger partial charge is 0.340 e. The van der Waals surface area contributed by atoms with E-state index in [1.807, 2.05) is 0 Å². The molecule has 13 nitrogen and oxygen atoms in total. The maximum Gasteiger partial charge on any atom is 0.340 e. The third-order valence-corrected chi connectivity index (χ3v) is 5.21. The fourth-order valence-electron chi connectivity index (χ4n) is 3.83. The predicted molar refractivity (Wildman–Crippen MR) is 108 cm³/mol.